The zero-order valence-corrected chi connectivity index (χ0v) is 18.3. The number of nitrogens with zero attached hydrogens (tertiary/aromatic N) is 3. The van der Waals surface area contributed by atoms with E-state index in [9.17, 15) is 18.0 Å². The predicted molar refractivity (Wildman–Crippen MR) is 113 cm³/mol. The molecular weight excluding hydrogens is 418 g/mol. The van der Waals surface area contributed by atoms with Crippen molar-refractivity contribution in [1.82, 2.24) is 24.8 Å². The minimum Gasteiger partial charge on any atom is -0.343 e. The van der Waals surface area contributed by atoms with Gasteiger partial charge in [-0.15, -0.1) is 0 Å². The lowest BCUT2D eigenvalue weighted by atomic mass is 9.96. The van der Waals surface area contributed by atoms with Crippen LogP contribution in [0.2, 0.25) is 0 Å². The number of hydrogen-bond donors (Lipinski definition) is 2. The minimum absolute atomic E-state index is 0.0302. The molecule has 10 heteroatoms. The van der Waals surface area contributed by atoms with Gasteiger partial charge in [-0.05, 0) is 44.7 Å². The number of likely N-dealkylation sites (tertiary alicyclic amines) is 1. The molecule has 2 fully saturated rings. The molecule has 31 heavy (non-hydrogen) atoms. The van der Waals surface area contributed by atoms with Crippen LogP contribution in [0.1, 0.15) is 72.9 Å². The third-order valence-electron chi connectivity index (χ3n) is 5.90. The highest BCUT2D eigenvalue weighted by molar-refractivity contribution is 7.89. The van der Waals surface area contributed by atoms with E-state index in [0.717, 1.165) is 37.3 Å². The molecule has 0 radical (unpaired) electrons. The fraction of sp³-hybridized carbons (Fsp3) is 0.524. The second-order valence-electron chi connectivity index (χ2n) is 8.24. The Bertz CT molecular complexity index is 1050. The molecule has 166 valence electrons. The van der Waals surface area contributed by atoms with Crippen molar-refractivity contribution in [3.63, 3.8) is 0 Å². The lowest BCUT2D eigenvalue weighted by Crippen LogP contribution is -2.39. The number of aromatic amines is 1. The number of Topliss-reactive ketones (excluding diaryl/α,β-unsaturated/α-hetero) is 1. The maximum atomic E-state index is 12.5. The number of ketones is 1. The minimum atomic E-state index is -3.73. The van der Waals surface area contributed by atoms with Crippen LogP contribution in [-0.4, -0.2) is 59.8 Å². The number of benzene rings is 1. The van der Waals surface area contributed by atoms with Crippen molar-refractivity contribution < 1.29 is 18.0 Å². The number of carbonyl (C=O) groups excluding carboxylic acids is 2. The first-order chi connectivity index (χ1) is 14.8. The summed E-state index contributed by atoms with van der Waals surface area (Å²) in [7, 11) is -3.73. The topological polar surface area (TPSA) is 125 Å². The van der Waals surface area contributed by atoms with Crippen molar-refractivity contribution in [2.45, 2.75) is 55.8 Å². The molecule has 2 aliphatic rings. The summed E-state index contributed by atoms with van der Waals surface area (Å²) in [5, 5.41) is 7.37. The Morgan fingerprint density at radius 2 is 1.77 bits per heavy atom. The van der Waals surface area contributed by atoms with Crippen molar-refractivity contribution in [1.29, 1.82) is 0 Å². The van der Waals surface area contributed by atoms with E-state index in [4.69, 9.17) is 0 Å². The molecule has 1 amide bonds. The van der Waals surface area contributed by atoms with Crippen LogP contribution >= 0.6 is 0 Å². The van der Waals surface area contributed by atoms with E-state index in [2.05, 4.69) is 19.9 Å². The normalized spacial score (nSPS) is 17.6. The van der Waals surface area contributed by atoms with Crippen molar-refractivity contribution in [2.75, 3.05) is 19.6 Å². The summed E-state index contributed by atoms with van der Waals surface area (Å²) in [6.07, 6.45) is 4.07. The van der Waals surface area contributed by atoms with Gasteiger partial charge in [0.05, 0.1) is 4.90 Å². The first kappa shape index (κ1) is 21.6. The number of H-pyrrole nitrogens is 1. The van der Waals surface area contributed by atoms with E-state index < -0.39 is 10.0 Å². The molecule has 1 aliphatic carbocycles. The molecule has 9 nitrogen and oxygen atoms in total. The molecule has 2 heterocycles. The lowest BCUT2D eigenvalue weighted by Gasteiger charge is -2.31. The van der Waals surface area contributed by atoms with Gasteiger partial charge < -0.3 is 4.90 Å². The third kappa shape index (κ3) is 5.19. The first-order valence-corrected chi connectivity index (χ1v) is 12.1. The van der Waals surface area contributed by atoms with E-state index >= 15 is 0 Å². The predicted octanol–water partition coefficient (Wildman–Crippen LogP) is 1.96. The summed E-state index contributed by atoms with van der Waals surface area (Å²) in [5.41, 5.74) is 0.451. The molecule has 2 N–H and O–H groups in total. The number of sulfonamides is 1. The van der Waals surface area contributed by atoms with Gasteiger partial charge in [0.1, 0.15) is 5.82 Å². The number of carbonyl (C=O) groups is 2. The second kappa shape index (κ2) is 8.88. The molecule has 0 unspecified atom stereocenters. The van der Waals surface area contributed by atoms with E-state index in [1.165, 1.54) is 31.2 Å². The molecule has 1 aromatic carbocycles. The van der Waals surface area contributed by atoms with Gasteiger partial charge in [0.2, 0.25) is 15.9 Å². The molecule has 1 aliphatic heterocycles. The SMILES string of the molecule is CC(=O)c1ccc(S(=O)(=O)NCCC(=O)N2CCC(c3nc(C4CC4)n[nH]3)CC2)cc1. The summed E-state index contributed by atoms with van der Waals surface area (Å²) in [5.74, 6) is 2.43. The summed E-state index contributed by atoms with van der Waals surface area (Å²) >= 11 is 0. The van der Waals surface area contributed by atoms with Crippen LogP contribution in [0, 0.1) is 0 Å². The zero-order chi connectivity index (χ0) is 22.0. The van der Waals surface area contributed by atoms with Crippen molar-refractivity contribution in [2.24, 2.45) is 0 Å². The smallest absolute Gasteiger partial charge is 0.240 e. The quantitative estimate of drug-likeness (QED) is 0.599. The van der Waals surface area contributed by atoms with Crippen LogP contribution < -0.4 is 4.72 Å². The van der Waals surface area contributed by atoms with Gasteiger partial charge in [0.25, 0.3) is 0 Å². The lowest BCUT2D eigenvalue weighted by molar-refractivity contribution is -0.132. The fourth-order valence-corrected chi connectivity index (χ4v) is 4.83. The van der Waals surface area contributed by atoms with Gasteiger partial charge >= 0.3 is 0 Å². The summed E-state index contributed by atoms with van der Waals surface area (Å²) in [6.45, 7) is 2.71. The van der Waals surface area contributed by atoms with Crippen molar-refractivity contribution in [3.05, 3.63) is 41.5 Å². The summed E-state index contributed by atoms with van der Waals surface area (Å²) in [6, 6.07) is 5.75. The zero-order valence-electron chi connectivity index (χ0n) is 17.5. The molecule has 0 spiro atoms. The Balaban J connectivity index is 1.23. The Morgan fingerprint density at radius 1 is 1.10 bits per heavy atom. The number of piperidine rings is 1. The van der Waals surface area contributed by atoms with E-state index in [1.54, 1.807) is 4.90 Å². The van der Waals surface area contributed by atoms with E-state index in [-0.39, 0.29) is 35.5 Å². The average molecular weight is 446 g/mol. The molecule has 1 saturated carbocycles. The highest BCUT2D eigenvalue weighted by Crippen LogP contribution is 2.38. The highest BCUT2D eigenvalue weighted by atomic mass is 32.2. The van der Waals surface area contributed by atoms with E-state index in [0.29, 0.717) is 24.6 Å². The summed E-state index contributed by atoms with van der Waals surface area (Å²) < 4.78 is 27.2. The molecular formula is C21H27N5O4S. The maximum Gasteiger partial charge on any atom is 0.240 e. The van der Waals surface area contributed by atoms with Gasteiger partial charge in [0.15, 0.2) is 11.6 Å². The Hall–Kier alpha value is -2.59. The standard InChI is InChI=1S/C21H27N5O4S/c1-14(27)15-4-6-18(7-5-15)31(29,30)22-11-8-19(28)26-12-9-17(10-13-26)21-23-20(24-25-21)16-2-3-16/h4-7,16-17,22H,2-3,8-13H2,1H3,(H,23,24,25). The molecule has 1 aromatic heterocycles. The molecule has 0 bridgehead atoms. The average Bonchev–Trinajstić information content (AvgIpc) is 3.50. The number of rotatable bonds is 8. The maximum absolute atomic E-state index is 12.5. The van der Waals surface area contributed by atoms with Crippen molar-refractivity contribution in [3.8, 4) is 0 Å². The van der Waals surface area contributed by atoms with Crippen LogP contribution in [-0.2, 0) is 14.8 Å². The van der Waals surface area contributed by atoms with Crippen LogP contribution in [0.5, 0.6) is 0 Å². The summed E-state index contributed by atoms with van der Waals surface area (Å²) in [4.78, 5) is 30.3. The largest absolute Gasteiger partial charge is 0.343 e. The van der Waals surface area contributed by atoms with E-state index in [1.807, 2.05) is 0 Å². The highest BCUT2D eigenvalue weighted by Gasteiger charge is 2.30. The molecule has 1 saturated heterocycles. The monoisotopic (exact) mass is 445 g/mol. The van der Waals surface area contributed by atoms with Gasteiger partial charge in [-0.1, -0.05) is 12.1 Å². The molecule has 4 rings (SSSR count). The molecule has 0 atom stereocenters. The van der Waals surface area contributed by atoms with Crippen LogP contribution in [0.15, 0.2) is 29.2 Å². The fourth-order valence-electron chi connectivity index (χ4n) is 3.80. The Labute approximate surface area is 181 Å². The number of aromatic nitrogens is 3. The van der Waals surface area contributed by atoms with Crippen LogP contribution in [0.3, 0.4) is 0 Å². The number of nitrogens with one attached hydrogen (secondary N) is 2. The number of amides is 1. The number of hydrogen-bond acceptors (Lipinski definition) is 6. The van der Waals surface area contributed by atoms with Crippen LogP contribution in [0.4, 0.5) is 0 Å². The van der Waals surface area contributed by atoms with Gasteiger partial charge in [-0.25, -0.2) is 18.1 Å². The van der Waals surface area contributed by atoms with Gasteiger partial charge in [0, 0.05) is 43.5 Å². The van der Waals surface area contributed by atoms with Gasteiger partial charge in [-0.3, -0.25) is 14.7 Å². The third-order valence-corrected chi connectivity index (χ3v) is 7.38. The van der Waals surface area contributed by atoms with Gasteiger partial charge in [-0.2, -0.15) is 5.10 Å². The second-order valence-corrected chi connectivity index (χ2v) is 10.0. The Morgan fingerprint density at radius 3 is 2.39 bits per heavy atom. The first-order valence-electron chi connectivity index (χ1n) is 10.6. The Kier molecular flexibility index (Phi) is 6.19. The molecule has 2 aromatic rings. The van der Waals surface area contributed by atoms with Crippen LogP contribution in [0.25, 0.3) is 0 Å². The van der Waals surface area contributed by atoms with Crippen molar-refractivity contribution >= 4 is 21.7 Å².